The van der Waals surface area contributed by atoms with Crippen molar-refractivity contribution in [3.63, 3.8) is 0 Å². The Hall–Kier alpha value is -2.28. The molecule has 2 rings (SSSR count). The van der Waals surface area contributed by atoms with Crippen LogP contribution in [0.4, 0.5) is 4.39 Å². The molecule has 1 heterocycles. The molecule has 0 saturated carbocycles. The van der Waals surface area contributed by atoms with Gasteiger partial charge in [0.25, 0.3) is 16.1 Å². The van der Waals surface area contributed by atoms with Gasteiger partial charge in [-0.3, -0.25) is 0 Å². The third-order valence-corrected chi connectivity index (χ3v) is 4.63. The quantitative estimate of drug-likeness (QED) is 0.374. The molecule has 0 unspecified atom stereocenters. The van der Waals surface area contributed by atoms with Crippen molar-refractivity contribution in [3.8, 4) is 5.88 Å². The Morgan fingerprint density at radius 1 is 1.50 bits per heavy atom. The van der Waals surface area contributed by atoms with Gasteiger partial charge in [0.05, 0.1) is 5.02 Å². The standard InChI is InChI=1S/C13H15ClFN5O5S/c1-20(26(16,22)23)4-5-24-13-12(18-25-19-13)11(17-21)7-8-2-3-10(15)9(14)6-8/h2-3,6,21H,4-5,7H2,1H3,(H2,16,22,23). The maximum absolute atomic E-state index is 13.2. The molecule has 13 heteroatoms. The summed E-state index contributed by atoms with van der Waals surface area (Å²) in [5.74, 6) is -0.683. The summed E-state index contributed by atoms with van der Waals surface area (Å²) >= 11 is 5.72. The summed E-state index contributed by atoms with van der Waals surface area (Å²) in [6.07, 6.45) is 0.0398. The number of oxime groups is 1. The molecular formula is C13H15ClFN5O5S. The Balaban J connectivity index is 2.08. The van der Waals surface area contributed by atoms with Crippen molar-refractivity contribution in [1.29, 1.82) is 0 Å². The van der Waals surface area contributed by atoms with E-state index in [-0.39, 0.29) is 41.9 Å². The third-order valence-electron chi connectivity index (χ3n) is 3.29. The van der Waals surface area contributed by atoms with E-state index in [1.54, 1.807) is 0 Å². The van der Waals surface area contributed by atoms with Crippen molar-refractivity contribution >= 4 is 27.5 Å². The molecule has 10 nitrogen and oxygen atoms in total. The Kier molecular flexibility index (Phi) is 6.47. The fraction of sp³-hybridized carbons (Fsp3) is 0.308. The van der Waals surface area contributed by atoms with Crippen LogP contribution in [0.3, 0.4) is 0 Å². The number of halogens is 2. The summed E-state index contributed by atoms with van der Waals surface area (Å²) < 4.78 is 46.2. The number of nitrogens with two attached hydrogens (primary N) is 1. The average Bonchev–Trinajstić information content (AvgIpc) is 3.03. The molecule has 3 N–H and O–H groups in total. The summed E-state index contributed by atoms with van der Waals surface area (Å²) in [5.41, 5.74) is 0.585. The molecule has 0 saturated heterocycles. The van der Waals surface area contributed by atoms with Crippen LogP contribution in [0, 0.1) is 5.82 Å². The van der Waals surface area contributed by atoms with Crippen molar-refractivity contribution in [2.45, 2.75) is 6.42 Å². The van der Waals surface area contributed by atoms with Crippen LogP contribution in [-0.4, -0.2) is 54.2 Å². The van der Waals surface area contributed by atoms with Crippen LogP contribution in [0.1, 0.15) is 11.3 Å². The first-order chi connectivity index (χ1) is 12.2. The van der Waals surface area contributed by atoms with Gasteiger partial charge in [-0.05, 0) is 28.0 Å². The number of nitrogens with zero attached hydrogens (tertiary/aromatic N) is 4. The molecule has 0 spiro atoms. The Labute approximate surface area is 153 Å². The van der Waals surface area contributed by atoms with Gasteiger partial charge in [-0.25, -0.2) is 14.2 Å². The van der Waals surface area contributed by atoms with Crippen LogP contribution in [-0.2, 0) is 16.6 Å². The van der Waals surface area contributed by atoms with Crippen LogP contribution < -0.4 is 9.88 Å². The summed E-state index contributed by atoms with van der Waals surface area (Å²) in [6.45, 7) is -0.153. The van der Waals surface area contributed by atoms with E-state index in [4.69, 9.17) is 21.5 Å². The van der Waals surface area contributed by atoms with Gasteiger partial charge >= 0.3 is 0 Å². The number of likely N-dealkylation sites (N-methyl/N-ethyl adjacent to an activating group) is 1. The number of aromatic nitrogens is 2. The summed E-state index contributed by atoms with van der Waals surface area (Å²) in [5, 5.41) is 24.4. The van der Waals surface area contributed by atoms with Crippen LogP contribution in [0.2, 0.25) is 5.02 Å². The number of hydrogen-bond donors (Lipinski definition) is 2. The van der Waals surface area contributed by atoms with Crippen molar-refractivity contribution in [3.05, 3.63) is 40.3 Å². The van der Waals surface area contributed by atoms with Gasteiger partial charge in [-0.1, -0.05) is 22.8 Å². The highest BCUT2D eigenvalue weighted by molar-refractivity contribution is 7.86. The SMILES string of the molecule is CN(CCOc1nonc1C(Cc1ccc(F)c(Cl)c1)=NO)S(N)(=O)=O. The average molecular weight is 408 g/mol. The normalized spacial score (nSPS) is 12.6. The second-order valence-electron chi connectivity index (χ2n) is 5.10. The van der Waals surface area contributed by atoms with Gasteiger partial charge in [0, 0.05) is 20.0 Å². The van der Waals surface area contributed by atoms with E-state index in [1.807, 2.05) is 0 Å². The highest BCUT2D eigenvalue weighted by Gasteiger charge is 2.20. The van der Waals surface area contributed by atoms with Crippen LogP contribution in [0.15, 0.2) is 28.0 Å². The van der Waals surface area contributed by atoms with E-state index in [0.29, 0.717) is 5.56 Å². The lowest BCUT2D eigenvalue weighted by Gasteiger charge is -2.13. The minimum Gasteiger partial charge on any atom is -0.472 e. The predicted molar refractivity (Wildman–Crippen MR) is 89.0 cm³/mol. The molecule has 0 aliphatic carbocycles. The topological polar surface area (TPSA) is 144 Å². The van der Waals surface area contributed by atoms with Gasteiger partial charge in [0.15, 0.2) is 5.69 Å². The Morgan fingerprint density at radius 3 is 2.85 bits per heavy atom. The molecule has 0 radical (unpaired) electrons. The van der Waals surface area contributed by atoms with Crippen LogP contribution in [0.25, 0.3) is 0 Å². The lowest BCUT2D eigenvalue weighted by Crippen LogP contribution is -2.36. The lowest BCUT2D eigenvalue weighted by molar-refractivity contribution is 0.244. The maximum atomic E-state index is 13.2. The smallest absolute Gasteiger partial charge is 0.285 e. The predicted octanol–water partition coefficient (Wildman–Crippen LogP) is 0.797. The number of ether oxygens (including phenoxy) is 1. The van der Waals surface area contributed by atoms with Crippen molar-refractivity contribution < 1.29 is 27.4 Å². The molecular weight excluding hydrogens is 393 g/mol. The molecule has 0 bridgehead atoms. The fourth-order valence-electron chi connectivity index (χ4n) is 1.86. The largest absolute Gasteiger partial charge is 0.472 e. The number of benzene rings is 1. The van der Waals surface area contributed by atoms with E-state index in [1.165, 1.54) is 25.2 Å². The lowest BCUT2D eigenvalue weighted by atomic mass is 10.1. The van der Waals surface area contributed by atoms with Gasteiger partial charge in [-0.2, -0.15) is 12.7 Å². The molecule has 0 amide bonds. The molecule has 0 aliphatic rings. The highest BCUT2D eigenvalue weighted by atomic mass is 35.5. The van der Waals surface area contributed by atoms with Crippen LogP contribution in [0.5, 0.6) is 5.88 Å². The molecule has 0 fully saturated rings. The van der Waals surface area contributed by atoms with Gasteiger partial charge < -0.3 is 9.94 Å². The molecule has 0 atom stereocenters. The molecule has 2 aromatic rings. The molecule has 26 heavy (non-hydrogen) atoms. The number of hydrogen-bond acceptors (Lipinski definition) is 8. The van der Waals surface area contributed by atoms with Crippen molar-refractivity contribution in [1.82, 2.24) is 14.6 Å². The second-order valence-corrected chi connectivity index (χ2v) is 7.17. The summed E-state index contributed by atoms with van der Waals surface area (Å²) in [7, 11) is -2.56. The molecule has 1 aromatic heterocycles. The van der Waals surface area contributed by atoms with E-state index in [9.17, 15) is 18.0 Å². The van der Waals surface area contributed by atoms with E-state index >= 15 is 0 Å². The Bertz CT molecular complexity index is 904. The fourth-order valence-corrected chi connectivity index (χ4v) is 2.39. The van der Waals surface area contributed by atoms with Crippen molar-refractivity contribution in [2.75, 3.05) is 20.2 Å². The molecule has 142 valence electrons. The first-order valence-corrected chi connectivity index (χ1v) is 8.95. The van der Waals surface area contributed by atoms with E-state index in [0.717, 1.165) is 4.31 Å². The van der Waals surface area contributed by atoms with E-state index < -0.39 is 16.0 Å². The van der Waals surface area contributed by atoms with E-state index in [2.05, 4.69) is 20.1 Å². The molecule has 1 aromatic carbocycles. The number of rotatable bonds is 8. The van der Waals surface area contributed by atoms with Gasteiger partial charge in [-0.15, -0.1) is 0 Å². The molecule has 0 aliphatic heterocycles. The zero-order valence-corrected chi connectivity index (χ0v) is 15.0. The minimum absolute atomic E-state index is 0.00575. The summed E-state index contributed by atoms with van der Waals surface area (Å²) in [4.78, 5) is 0. The monoisotopic (exact) mass is 407 g/mol. The third kappa shape index (κ3) is 5.11. The van der Waals surface area contributed by atoms with Gasteiger partial charge in [0.1, 0.15) is 18.1 Å². The first kappa shape index (κ1) is 20.0. The van der Waals surface area contributed by atoms with Crippen molar-refractivity contribution in [2.24, 2.45) is 10.3 Å². The zero-order valence-electron chi connectivity index (χ0n) is 13.5. The first-order valence-electron chi connectivity index (χ1n) is 7.07. The van der Waals surface area contributed by atoms with Crippen LogP contribution >= 0.6 is 11.6 Å². The zero-order chi connectivity index (χ0) is 19.3. The maximum Gasteiger partial charge on any atom is 0.285 e. The minimum atomic E-state index is -3.84. The summed E-state index contributed by atoms with van der Waals surface area (Å²) in [6, 6.07) is 4.01. The highest BCUT2D eigenvalue weighted by Crippen LogP contribution is 2.20. The Morgan fingerprint density at radius 2 is 2.23 bits per heavy atom. The van der Waals surface area contributed by atoms with Gasteiger partial charge in [0.2, 0.25) is 0 Å². The second kappa shape index (κ2) is 8.40.